The summed E-state index contributed by atoms with van der Waals surface area (Å²) in [5.74, 6) is -2.48. The molecule has 0 unspecified atom stereocenters. The maximum atomic E-state index is 13.1. The molecule has 0 atom stereocenters. The van der Waals surface area contributed by atoms with Crippen LogP contribution in [0.15, 0.2) is 61.1 Å². The summed E-state index contributed by atoms with van der Waals surface area (Å²) in [4.78, 5) is 23.7. The number of aromatic nitrogens is 3. The number of nitrogens with one attached hydrogen (secondary N) is 3. The van der Waals surface area contributed by atoms with E-state index in [0.717, 1.165) is 27.6 Å². The fourth-order valence-corrected chi connectivity index (χ4v) is 3.91. The summed E-state index contributed by atoms with van der Waals surface area (Å²) in [5.41, 5.74) is 10.2. The van der Waals surface area contributed by atoms with Crippen molar-refractivity contribution in [2.45, 2.75) is 24.7 Å². The molecule has 2 aromatic carbocycles. The Morgan fingerprint density at radius 3 is 2.44 bits per heavy atom. The number of amides is 2. The molecule has 32 heavy (non-hydrogen) atoms. The number of hydrogen-bond donors (Lipinski definition) is 4. The average Bonchev–Trinajstić information content (AvgIpc) is 3.15. The molecule has 4 aromatic rings. The zero-order valence-corrected chi connectivity index (χ0v) is 16.9. The van der Waals surface area contributed by atoms with Crippen LogP contribution in [0, 0.1) is 0 Å². The molecule has 1 saturated carbocycles. The zero-order valence-electron chi connectivity index (χ0n) is 16.9. The van der Waals surface area contributed by atoms with E-state index < -0.39 is 12.0 Å². The van der Waals surface area contributed by atoms with Gasteiger partial charge in [0.2, 0.25) is 11.9 Å². The standard InChI is InChI=1S/C23H20F2N6O/c24-23(25)8-15(9-23)13-1-4-17(5-2-13)30-22(32)31-20-12-27-19-6-3-14(7-18(19)20)16-10-28-21(26)29-11-16/h1-7,10-12,15,27H,8-9H2,(H2,26,28,29)(H2,30,31,32). The van der Waals surface area contributed by atoms with Crippen LogP contribution in [0.3, 0.4) is 0 Å². The van der Waals surface area contributed by atoms with Crippen molar-refractivity contribution in [2.24, 2.45) is 0 Å². The number of nitrogens with zero attached hydrogens (tertiary/aromatic N) is 2. The van der Waals surface area contributed by atoms with E-state index in [1.54, 1.807) is 42.9 Å². The predicted molar refractivity (Wildman–Crippen MR) is 120 cm³/mol. The molecule has 0 radical (unpaired) electrons. The summed E-state index contributed by atoms with van der Waals surface area (Å²) < 4.78 is 26.1. The van der Waals surface area contributed by atoms with Crippen LogP contribution < -0.4 is 16.4 Å². The number of aromatic amines is 1. The number of halogens is 2. The van der Waals surface area contributed by atoms with Crippen LogP contribution in [0.4, 0.5) is 30.9 Å². The third-order valence-electron chi connectivity index (χ3n) is 5.67. The fraction of sp³-hybridized carbons (Fsp3) is 0.174. The van der Waals surface area contributed by atoms with Crippen molar-refractivity contribution in [3.8, 4) is 11.1 Å². The van der Waals surface area contributed by atoms with Gasteiger partial charge in [0.15, 0.2) is 0 Å². The first-order valence-corrected chi connectivity index (χ1v) is 10.1. The predicted octanol–water partition coefficient (Wildman–Crippen LogP) is 5.36. The van der Waals surface area contributed by atoms with E-state index in [9.17, 15) is 13.6 Å². The van der Waals surface area contributed by atoms with Crippen molar-refractivity contribution in [1.82, 2.24) is 15.0 Å². The van der Waals surface area contributed by atoms with Crippen LogP contribution in [0.5, 0.6) is 0 Å². The van der Waals surface area contributed by atoms with Crippen molar-refractivity contribution in [3.63, 3.8) is 0 Å². The first-order chi connectivity index (χ1) is 15.4. The Bertz CT molecular complexity index is 1280. The van der Waals surface area contributed by atoms with Crippen molar-refractivity contribution in [1.29, 1.82) is 0 Å². The van der Waals surface area contributed by atoms with E-state index in [4.69, 9.17) is 5.73 Å². The van der Waals surface area contributed by atoms with Gasteiger partial charge in [-0.05, 0) is 41.3 Å². The van der Waals surface area contributed by atoms with Gasteiger partial charge in [-0.15, -0.1) is 0 Å². The average molecular weight is 434 g/mol. The Morgan fingerprint density at radius 2 is 1.75 bits per heavy atom. The normalized spacial score (nSPS) is 15.3. The van der Waals surface area contributed by atoms with E-state index >= 15 is 0 Å². The second-order valence-electron chi connectivity index (χ2n) is 7.95. The lowest BCUT2D eigenvalue weighted by molar-refractivity contribution is -0.0867. The Morgan fingerprint density at radius 1 is 1.03 bits per heavy atom. The minimum absolute atomic E-state index is 0.120. The molecular weight excluding hydrogens is 414 g/mol. The topological polar surface area (TPSA) is 109 Å². The number of carbonyl (C=O) groups is 1. The second-order valence-corrected chi connectivity index (χ2v) is 7.95. The van der Waals surface area contributed by atoms with E-state index in [-0.39, 0.29) is 24.7 Å². The Kier molecular flexibility index (Phi) is 4.73. The largest absolute Gasteiger partial charge is 0.368 e. The minimum Gasteiger partial charge on any atom is -0.368 e. The monoisotopic (exact) mass is 434 g/mol. The van der Waals surface area contributed by atoms with Gasteiger partial charge >= 0.3 is 6.03 Å². The number of rotatable bonds is 4. The van der Waals surface area contributed by atoms with Crippen molar-refractivity contribution in [2.75, 3.05) is 16.4 Å². The summed E-state index contributed by atoms with van der Waals surface area (Å²) in [7, 11) is 0. The summed E-state index contributed by atoms with van der Waals surface area (Å²) in [6.07, 6.45) is 4.76. The van der Waals surface area contributed by atoms with Gasteiger partial charge in [0, 0.05) is 53.6 Å². The molecule has 5 N–H and O–H groups in total. The van der Waals surface area contributed by atoms with Crippen LogP contribution in [-0.4, -0.2) is 26.9 Å². The molecule has 2 heterocycles. The maximum absolute atomic E-state index is 13.1. The second kappa shape index (κ2) is 7.60. The van der Waals surface area contributed by atoms with Gasteiger partial charge in [-0.2, -0.15) is 0 Å². The highest BCUT2D eigenvalue weighted by Crippen LogP contribution is 2.48. The first-order valence-electron chi connectivity index (χ1n) is 10.1. The molecule has 5 rings (SSSR count). The quantitative estimate of drug-likeness (QED) is 0.346. The number of carbonyl (C=O) groups excluding carboxylic acids is 1. The zero-order chi connectivity index (χ0) is 22.3. The molecule has 7 nitrogen and oxygen atoms in total. The number of benzene rings is 2. The number of hydrogen-bond acceptors (Lipinski definition) is 4. The highest BCUT2D eigenvalue weighted by molar-refractivity contribution is 6.06. The number of H-pyrrole nitrogens is 1. The number of urea groups is 1. The number of nitrogens with two attached hydrogens (primary N) is 1. The Labute approximate surface area is 182 Å². The molecule has 2 amide bonds. The van der Waals surface area contributed by atoms with Crippen molar-refractivity contribution >= 4 is 34.3 Å². The smallest absolute Gasteiger partial charge is 0.323 e. The molecule has 1 aliphatic rings. The van der Waals surface area contributed by atoms with Gasteiger partial charge in [-0.3, -0.25) is 0 Å². The molecular formula is C23H20F2N6O. The van der Waals surface area contributed by atoms with E-state index in [1.165, 1.54) is 0 Å². The third kappa shape index (κ3) is 3.96. The lowest BCUT2D eigenvalue weighted by Crippen LogP contribution is -2.33. The Balaban J connectivity index is 1.28. The lowest BCUT2D eigenvalue weighted by atomic mass is 9.77. The molecule has 1 fully saturated rings. The molecule has 0 spiro atoms. The number of fused-ring (bicyclic) bond motifs is 1. The summed E-state index contributed by atoms with van der Waals surface area (Å²) in [6, 6.07) is 12.4. The minimum atomic E-state index is -2.55. The van der Waals surface area contributed by atoms with Crippen LogP contribution in [0.25, 0.3) is 22.0 Å². The van der Waals surface area contributed by atoms with Gasteiger partial charge < -0.3 is 21.4 Å². The lowest BCUT2D eigenvalue weighted by Gasteiger charge is -2.35. The molecule has 0 bridgehead atoms. The molecule has 0 saturated heterocycles. The highest BCUT2D eigenvalue weighted by atomic mass is 19.3. The van der Waals surface area contributed by atoms with Crippen molar-refractivity contribution < 1.29 is 13.6 Å². The van der Waals surface area contributed by atoms with Crippen LogP contribution >= 0.6 is 0 Å². The van der Waals surface area contributed by atoms with Crippen LogP contribution in [0.1, 0.15) is 24.3 Å². The number of nitrogen functional groups attached to an aromatic ring is 1. The van der Waals surface area contributed by atoms with Gasteiger partial charge in [-0.25, -0.2) is 23.5 Å². The maximum Gasteiger partial charge on any atom is 0.323 e. The summed E-state index contributed by atoms with van der Waals surface area (Å²) in [6.45, 7) is 0. The van der Waals surface area contributed by atoms with Crippen LogP contribution in [-0.2, 0) is 0 Å². The van der Waals surface area contributed by atoms with Crippen LogP contribution in [0.2, 0.25) is 0 Å². The van der Waals surface area contributed by atoms with E-state index in [2.05, 4.69) is 25.6 Å². The molecule has 1 aliphatic carbocycles. The Hall–Kier alpha value is -4.01. The van der Waals surface area contributed by atoms with Crippen molar-refractivity contribution in [3.05, 3.63) is 66.6 Å². The fourth-order valence-electron chi connectivity index (χ4n) is 3.91. The third-order valence-corrected chi connectivity index (χ3v) is 5.67. The SMILES string of the molecule is Nc1ncc(-c2ccc3[nH]cc(NC(=O)Nc4ccc(C5CC(F)(F)C5)cc4)c3c2)cn1. The van der Waals surface area contributed by atoms with Gasteiger partial charge in [0.05, 0.1) is 5.69 Å². The number of anilines is 3. The first kappa shape index (κ1) is 19.9. The van der Waals surface area contributed by atoms with Gasteiger partial charge in [-0.1, -0.05) is 18.2 Å². The summed E-state index contributed by atoms with van der Waals surface area (Å²) in [5, 5.41) is 6.44. The van der Waals surface area contributed by atoms with Gasteiger partial charge in [0.25, 0.3) is 0 Å². The molecule has 9 heteroatoms. The molecule has 0 aliphatic heterocycles. The molecule has 162 valence electrons. The molecule has 2 aromatic heterocycles. The number of alkyl halides is 2. The van der Waals surface area contributed by atoms with E-state index in [1.807, 2.05) is 18.2 Å². The highest BCUT2D eigenvalue weighted by Gasteiger charge is 2.45. The van der Waals surface area contributed by atoms with Gasteiger partial charge in [0.1, 0.15) is 0 Å². The summed E-state index contributed by atoms with van der Waals surface area (Å²) >= 11 is 0. The van der Waals surface area contributed by atoms with E-state index in [0.29, 0.717) is 11.4 Å².